The van der Waals surface area contributed by atoms with Gasteiger partial charge in [-0.25, -0.2) is 13.9 Å². The molecule has 0 radical (unpaired) electrons. The highest BCUT2D eigenvalue weighted by Crippen LogP contribution is 2.23. The summed E-state index contributed by atoms with van der Waals surface area (Å²) in [4.78, 5) is 11.8. The number of nitrogens with one attached hydrogen (secondary N) is 1. The summed E-state index contributed by atoms with van der Waals surface area (Å²) in [5.41, 5.74) is 1.81. The van der Waals surface area contributed by atoms with Crippen LogP contribution in [-0.4, -0.2) is 42.1 Å². The number of benzene rings is 1. The summed E-state index contributed by atoms with van der Waals surface area (Å²) in [7, 11) is -2.58. The standard InChI is InChI=1S/C15H19N3O6S/c1-10-8-12(17-24-10)9-18(11(2)15(19)16-20)25(21,22)14-6-4-13(23-3)5-7-14/h4-8,11,20H,9H2,1-3H3,(H,16,19)/t11-/m1/s1. The molecule has 2 aromatic rings. The van der Waals surface area contributed by atoms with Gasteiger partial charge >= 0.3 is 0 Å². The van der Waals surface area contributed by atoms with Gasteiger partial charge in [0.1, 0.15) is 17.6 Å². The first kappa shape index (κ1) is 18.9. The van der Waals surface area contributed by atoms with Gasteiger partial charge in [0.2, 0.25) is 10.0 Å². The average molecular weight is 369 g/mol. The molecule has 10 heteroatoms. The van der Waals surface area contributed by atoms with E-state index in [1.807, 2.05) is 0 Å². The first-order valence-corrected chi connectivity index (χ1v) is 8.75. The molecule has 1 aromatic carbocycles. The van der Waals surface area contributed by atoms with Gasteiger partial charge in [-0.3, -0.25) is 10.0 Å². The second-order valence-corrected chi connectivity index (χ2v) is 7.20. The van der Waals surface area contributed by atoms with E-state index in [0.717, 1.165) is 4.31 Å². The summed E-state index contributed by atoms with van der Waals surface area (Å²) in [5, 5.41) is 12.6. The zero-order valence-electron chi connectivity index (χ0n) is 14.0. The molecule has 0 aliphatic rings. The molecule has 9 nitrogen and oxygen atoms in total. The van der Waals surface area contributed by atoms with Crippen molar-refractivity contribution in [2.75, 3.05) is 7.11 Å². The largest absolute Gasteiger partial charge is 0.497 e. The molecule has 2 N–H and O–H groups in total. The molecule has 2 rings (SSSR count). The Labute approximate surface area is 145 Å². The Morgan fingerprint density at radius 2 is 2.04 bits per heavy atom. The van der Waals surface area contributed by atoms with Crippen molar-refractivity contribution in [3.05, 3.63) is 41.8 Å². The van der Waals surface area contributed by atoms with Crippen molar-refractivity contribution in [3.63, 3.8) is 0 Å². The number of hydrogen-bond donors (Lipinski definition) is 2. The van der Waals surface area contributed by atoms with E-state index < -0.39 is 22.0 Å². The maximum Gasteiger partial charge on any atom is 0.261 e. The van der Waals surface area contributed by atoms with E-state index in [9.17, 15) is 13.2 Å². The van der Waals surface area contributed by atoms with Crippen LogP contribution in [0.5, 0.6) is 5.75 Å². The lowest BCUT2D eigenvalue weighted by Crippen LogP contribution is -2.46. The van der Waals surface area contributed by atoms with Gasteiger partial charge in [-0.15, -0.1) is 0 Å². The highest BCUT2D eigenvalue weighted by molar-refractivity contribution is 7.89. The molecule has 1 amide bonds. The molecule has 0 aliphatic carbocycles. The van der Waals surface area contributed by atoms with Gasteiger partial charge in [0, 0.05) is 6.07 Å². The van der Waals surface area contributed by atoms with Crippen LogP contribution in [0.3, 0.4) is 0 Å². The van der Waals surface area contributed by atoms with Crippen molar-refractivity contribution in [1.82, 2.24) is 14.9 Å². The Morgan fingerprint density at radius 1 is 1.40 bits per heavy atom. The predicted molar refractivity (Wildman–Crippen MR) is 86.4 cm³/mol. The zero-order valence-corrected chi connectivity index (χ0v) is 14.8. The number of ether oxygens (including phenoxy) is 1. The number of hydroxylamine groups is 1. The number of sulfonamides is 1. The number of carbonyl (C=O) groups is 1. The van der Waals surface area contributed by atoms with Gasteiger partial charge in [-0.2, -0.15) is 4.31 Å². The number of aromatic nitrogens is 1. The van der Waals surface area contributed by atoms with Crippen LogP contribution >= 0.6 is 0 Å². The Morgan fingerprint density at radius 3 is 2.52 bits per heavy atom. The van der Waals surface area contributed by atoms with E-state index in [1.165, 1.54) is 43.8 Å². The maximum absolute atomic E-state index is 13.0. The molecule has 0 spiro atoms. The Bertz CT molecular complexity index is 831. The molecular formula is C15H19N3O6S. The van der Waals surface area contributed by atoms with Gasteiger partial charge in [0.15, 0.2) is 0 Å². The summed E-state index contributed by atoms with van der Waals surface area (Å²) < 4.78 is 36.8. The van der Waals surface area contributed by atoms with Crippen LogP contribution < -0.4 is 10.2 Å². The number of hydrogen-bond acceptors (Lipinski definition) is 7. The fraction of sp³-hybridized carbons (Fsp3) is 0.333. The monoisotopic (exact) mass is 369 g/mol. The number of nitrogens with zero attached hydrogens (tertiary/aromatic N) is 2. The molecule has 1 aromatic heterocycles. The van der Waals surface area contributed by atoms with E-state index >= 15 is 0 Å². The van der Waals surface area contributed by atoms with E-state index in [-0.39, 0.29) is 11.4 Å². The third-order valence-corrected chi connectivity index (χ3v) is 5.51. The number of aryl methyl sites for hydroxylation is 1. The second kappa shape index (κ2) is 7.64. The number of methoxy groups -OCH3 is 1. The van der Waals surface area contributed by atoms with Crippen molar-refractivity contribution in [2.45, 2.75) is 31.3 Å². The Hall–Kier alpha value is -2.43. The van der Waals surface area contributed by atoms with E-state index in [2.05, 4.69) is 5.16 Å². The molecule has 136 valence electrons. The molecule has 0 bridgehead atoms. The SMILES string of the molecule is COc1ccc(S(=O)(=O)N(Cc2cc(C)on2)[C@H](C)C(=O)NO)cc1. The lowest BCUT2D eigenvalue weighted by molar-refractivity contribution is -0.132. The lowest BCUT2D eigenvalue weighted by Gasteiger charge is -2.26. The smallest absolute Gasteiger partial charge is 0.261 e. The summed E-state index contributed by atoms with van der Waals surface area (Å²) in [5.74, 6) is 0.145. The van der Waals surface area contributed by atoms with Crippen molar-refractivity contribution in [3.8, 4) is 5.75 Å². The third kappa shape index (κ3) is 4.16. The van der Waals surface area contributed by atoms with Gasteiger partial charge in [0.25, 0.3) is 5.91 Å². The van der Waals surface area contributed by atoms with Crippen LogP contribution in [0.2, 0.25) is 0 Å². The summed E-state index contributed by atoms with van der Waals surface area (Å²) in [6, 6.07) is 6.15. The molecule has 0 saturated carbocycles. The van der Waals surface area contributed by atoms with Crippen molar-refractivity contribution in [1.29, 1.82) is 0 Å². The minimum atomic E-state index is -4.05. The van der Waals surface area contributed by atoms with Crippen molar-refractivity contribution in [2.24, 2.45) is 0 Å². The minimum Gasteiger partial charge on any atom is -0.497 e. The number of carbonyl (C=O) groups excluding carboxylic acids is 1. The van der Waals surface area contributed by atoms with E-state index in [1.54, 1.807) is 13.0 Å². The van der Waals surface area contributed by atoms with Crippen molar-refractivity contribution < 1.29 is 27.7 Å². The normalized spacial score (nSPS) is 12.8. The molecule has 1 heterocycles. The predicted octanol–water partition coefficient (Wildman–Crippen LogP) is 1.08. The van der Waals surface area contributed by atoms with Gasteiger partial charge < -0.3 is 9.26 Å². The molecule has 1 atom stereocenters. The first-order chi connectivity index (χ1) is 11.8. The first-order valence-electron chi connectivity index (χ1n) is 7.31. The highest BCUT2D eigenvalue weighted by atomic mass is 32.2. The zero-order chi connectivity index (χ0) is 18.6. The molecule has 25 heavy (non-hydrogen) atoms. The van der Waals surface area contributed by atoms with Crippen LogP contribution in [0.1, 0.15) is 18.4 Å². The van der Waals surface area contributed by atoms with Crippen LogP contribution in [-0.2, 0) is 21.4 Å². The fourth-order valence-electron chi connectivity index (χ4n) is 2.19. The summed E-state index contributed by atoms with van der Waals surface area (Å²) in [6.45, 7) is 2.84. The highest BCUT2D eigenvalue weighted by Gasteiger charge is 2.33. The van der Waals surface area contributed by atoms with E-state index in [0.29, 0.717) is 17.2 Å². The summed E-state index contributed by atoms with van der Waals surface area (Å²) in [6.07, 6.45) is 0. The third-order valence-electron chi connectivity index (χ3n) is 3.58. The Balaban J connectivity index is 2.42. The lowest BCUT2D eigenvalue weighted by atomic mass is 10.3. The Kier molecular flexibility index (Phi) is 5.77. The van der Waals surface area contributed by atoms with Crippen LogP contribution in [0, 0.1) is 6.92 Å². The molecule has 0 saturated heterocycles. The summed E-state index contributed by atoms with van der Waals surface area (Å²) >= 11 is 0. The van der Waals surface area contributed by atoms with Crippen LogP contribution in [0.25, 0.3) is 0 Å². The molecular weight excluding hydrogens is 350 g/mol. The quantitative estimate of drug-likeness (QED) is 0.553. The van der Waals surface area contributed by atoms with Gasteiger partial charge in [0.05, 0.1) is 24.2 Å². The van der Waals surface area contributed by atoms with Crippen LogP contribution in [0.4, 0.5) is 0 Å². The van der Waals surface area contributed by atoms with Gasteiger partial charge in [-0.05, 0) is 38.1 Å². The number of rotatable bonds is 7. The topological polar surface area (TPSA) is 122 Å². The van der Waals surface area contributed by atoms with Crippen LogP contribution in [0.15, 0.2) is 39.8 Å². The second-order valence-electron chi connectivity index (χ2n) is 5.31. The molecule has 0 unspecified atom stereocenters. The average Bonchev–Trinajstić information content (AvgIpc) is 3.03. The minimum absolute atomic E-state index is 0.0221. The van der Waals surface area contributed by atoms with Gasteiger partial charge in [-0.1, -0.05) is 5.16 Å². The molecule has 0 fully saturated rings. The number of amides is 1. The maximum atomic E-state index is 13.0. The van der Waals surface area contributed by atoms with Crippen molar-refractivity contribution >= 4 is 15.9 Å². The van der Waals surface area contributed by atoms with E-state index in [4.69, 9.17) is 14.5 Å². The fourth-order valence-corrected chi connectivity index (χ4v) is 3.75. The molecule has 0 aliphatic heterocycles.